The van der Waals surface area contributed by atoms with E-state index in [1.165, 1.54) is 6.20 Å². The normalized spacial score (nSPS) is 10.2. The lowest BCUT2D eigenvalue weighted by Crippen LogP contribution is -2.14. The predicted molar refractivity (Wildman–Crippen MR) is 79.1 cm³/mol. The number of nitrogens with zero attached hydrogens (tertiary/aromatic N) is 1. The van der Waals surface area contributed by atoms with E-state index in [-0.39, 0.29) is 5.91 Å². The molecule has 2 aromatic rings. The molecule has 0 bridgehead atoms. The molecule has 0 saturated carbocycles. The maximum atomic E-state index is 12.1. The number of anilines is 2. The van der Waals surface area contributed by atoms with Gasteiger partial charge in [0.2, 0.25) is 0 Å². The number of amides is 1. The molecular formula is C15H17N3O2. The van der Waals surface area contributed by atoms with Crippen LogP contribution in [0, 0.1) is 13.8 Å². The highest BCUT2D eigenvalue weighted by Crippen LogP contribution is 2.29. The van der Waals surface area contributed by atoms with Crippen molar-refractivity contribution < 1.29 is 9.53 Å². The van der Waals surface area contributed by atoms with Gasteiger partial charge in [-0.25, -0.2) is 4.98 Å². The zero-order valence-electron chi connectivity index (χ0n) is 11.7. The molecule has 0 saturated heterocycles. The Kier molecular flexibility index (Phi) is 3.89. The fourth-order valence-corrected chi connectivity index (χ4v) is 2.00. The summed E-state index contributed by atoms with van der Waals surface area (Å²) < 4.78 is 5.34. The number of ether oxygens (including phenoxy) is 1. The Morgan fingerprint density at radius 3 is 2.60 bits per heavy atom. The minimum atomic E-state index is -0.279. The second kappa shape index (κ2) is 5.61. The average molecular weight is 271 g/mol. The first-order valence-corrected chi connectivity index (χ1v) is 6.20. The van der Waals surface area contributed by atoms with E-state index in [9.17, 15) is 4.79 Å². The number of methoxy groups -OCH3 is 1. The molecule has 0 radical (unpaired) electrons. The molecule has 3 N–H and O–H groups in total. The van der Waals surface area contributed by atoms with Crippen molar-refractivity contribution in [3.8, 4) is 5.75 Å². The van der Waals surface area contributed by atoms with E-state index < -0.39 is 0 Å². The molecule has 0 spiro atoms. The van der Waals surface area contributed by atoms with E-state index in [2.05, 4.69) is 10.3 Å². The van der Waals surface area contributed by atoms with Gasteiger partial charge in [-0.3, -0.25) is 4.79 Å². The molecule has 0 unspecified atom stereocenters. The number of hydrogen-bond acceptors (Lipinski definition) is 4. The van der Waals surface area contributed by atoms with Crippen LogP contribution >= 0.6 is 0 Å². The second-order valence-corrected chi connectivity index (χ2v) is 4.52. The highest BCUT2D eigenvalue weighted by Gasteiger charge is 2.12. The first kappa shape index (κ1) is 13.9. The van der Waals surface area contributed by atoms with Crippen LogP contribution in [0.3, 0.4) is 0 Å². The summed E-state index contributed by atoms with van der Waals surface area (Å²) in [5, 5.41) is 2.83. The lowest BCUT2D eigenvalue weighted by molar-refractivity contribution is 0.102. The number of nitrogen functional groups attached to an aromatic ring is 1. The van der Waals surface area contributed by atoms with E-state index in [4.69, 9.17) is 10.5 Å². The van der Waals surface area contributed by atoms with Gasteiger partial charge in [0.05, 0.1) is 19.0 Å². The van der Waals surface area contributed by atoms with E-state index >= 15 is 0 Å². The molecule has 0 aliphatic heterocycles. The Morgan fingerprint density at radius 2 is 2.00 bits per heavy atom. The second-order valence-electron chi connectivity index (χ2n) is 4.52. The van der Waals surface area contributed by atoms with Gasteiger partial charge in [-0.1, -0.05) is 6.07 Å². The molecule has 1 aromatic heterocycles. The quantitative estimate of drug-likeness (QED) is 0.899. The van der Waals surface area contributed by atoms with Gasteiger partial charge < -0.3 is 15.8 Å². The number of carbonyl (C=O) groups excluding carboxylic acids is 1. The van der Waals surface area contributed by atoms with Crippen LogP contribution in [0.4, 0.5) is 11.4 Å². The molecule has 5 nitrogen and oxygen atoms in total. The summed E-state index contributed by atoms with van der Waals surface area (Å²) in [5.41, 5.74) is 9.00. The molecule has 1 amide bonds. The molecule has 2 rings (SSSR count). The minimum Gasteiger partial charge on any atom is -0.496 e. The molecular weight excluding hydrogens is 254 g/mol. The summed E-state index contributed by atoms with van der Waals surface area (Å²) in [5.74, 6) is 0.493. The Morgan fingerprint density at radius 1 is 1.25 bits per heavy atom. The van der Waals surface area contributed by atoms with Crippen molar-refractivity contribution in [1.82, 2.24) is 4.98 Å². The summed E-state index contributed by atoms with van der Waals surface area (Å²) >= 11 is 0. The van der Waals surface area contributed by atoms with Crippen molar-refractivity contribution in [3.05, 3.63) is 47.3 Å². The van der Waals surface area contributed by atoms with Crippen LogP contribution in [-0.2, 0) is 0 Å². The van der Waals surface area contributed by atoms with E-state index in [1.807, 2.05) is 26.0 Å². The average Bonchev–Trinajstić information content (AvgIpc) is 2.43. The van der Waals surface area contributed by atoms with Crippen molar-refractivity contribution in [1.29, 1.82) is 0 Å². The molecule has 0 fully saturated rings. The van der Waals surface area contributed by atoms with E-state index in [0.717, 1.165) is 16.9 Å². The number of aryl methyl sites for hydroxylation is 1. The fourth-order valence-electron chi connectivity index (χ4n) is 2.00. The lowest BCUT2D eigenvalue weighted by atomic mass is 10.1. The van der Waals surface area contributed by atoms with Gasteiger partial charge >= 0.3 is 0 Å². The number of benzene rings is 1. The summed E-state index contributed by atoms with van der Waals surface area (Å²) in [6.45, 7) is 3.86. The van der Waals surface area contributed by atoms with Crippen molar-refractivity contribution >= 4 is 17.3 Å². The Bertz CT molecular complexity index is 636. The first-order chi connectivity index (χ1) is 9.52. The standard InChI is InChI=1S/C15H17N3O2/c1-9-4-6-12(10(2)14(9)20-3)18-15(19)13-7-5-11(16)8-17-13/h4-8H,16H2,1-3H3,(H,18,19). The summed E-state index contributed by atoms with van der Waals surface area (Å²) in [4.78, 5) is 16.1. The highest BCUT2D eigenvalue weighted by molar-refractivity contribution is 6.03. The minimum absolute atomic E-state index is 0.279. The molecule has 0 atom stereocenters. The monoisotopic (exact) mass is 271 g/mol. The Labute approximate surface area is 117 Å². The molecule has 1 aromatic carbocycles. The maximum absolute atomic E-state index is 12.1. The third-order valence-electron chi connectivity index (χ3n) is 3.07. The maximum Gasteiger partial charge on any atom is 0.274 e. The van der Waals surface area contributed by atoms with Crippen molar-refractivity contribution in [2.24, 2.45) is 0 Å². The molecule has 0 aliphatic rings. The van der Waals surface area contributed by atoms with Crippen LogP contribution in [0.2, 0.25) is 0 Å². The fraction of sp³-hybridized carbons (Fsp3) is 0.200. The number of rotatable bonds is 3. The number of nitrogens with one attached hydrogen (secondary N) is 1. The molecule has 5 heteroatoms. The van der Waals surface area contributed by atoms with E-state index in [0.29, 0.717) is 17.1 Å². The Balaban J connectivity index is 2.26. The number of carbonyl (C=O) groups is 1. The van der Waals surface area contributed by atoms with Crippen molar-refractivity contribution in [2.75, 3.05) is 18.2 Å². The van der Waals surface area contributed by atoms with Crippen LogP contribution in [0.1, 0.15) is 21.6 Å². The Hall–Kier alpha value is -2.56. The smallest absolute Gasteiger partial charge is 0.274 e. The largest absolute Gasteiger partial charge is 0.496 e. The third kappa shape index (κ3) is 2.71. The SMILES string of the molecule is COc1c(C)ccc(NC(=O)c2ccc(N)cn2)c1C. The van der Waals surface area contributed by atoms with Gasteiger partial charge in [0, 0.05) is 11.3 Å². The van der Waals surface area contributed by atoms with Crippen LogP contribution in [0.15, 0.2) is 30.5 Å². The third-order valence-corrected chi connectivity index (χ3v) is 3.07. The van der Waals surface area contributed by atoms with Gasteiger partial charge in [-0.05, 0) is 37.6 Å². The van der Waals surface area contributed by atoms with Crippen LogP contribution < -0.4 is 15.8 Å². The van der Waals surface area contributed by atoms with Crippen LogP contribution in [-0.4, -0.2) is 18.0 Å². The van der Waals surface area contributed by atoms with Gasteiger partial charge in [0.25, 0.3) is 5.91 Å². The number of nitrogens with two attached hydrogens (primary N) is 1. The molecule has 1 heterocycles. The summed E-state index contributed by atoms with van der Waals surface area (Å²) in [6.07, 6.45) is 1.46. The number of pyridine rings is 1. The zero-order valence-corrected chi connectivity index (χ0v) is 11.7. The predicted octanol–water partition coefficient (Wildman–Crippen LogP) is 2.54. The van der Waals surface area contributed by atoms with Crippen molar-refractivity contribution in [2.45, 2.75) is 13.8 Å². The van der Waals surface area contributed by atoms with Gasteiger partial charge in [-0.2, -0.15) is 0 Å². The molecule has 20 heavy (non-hydrogen) atoms. The zero-order chi connectivity index (χ0) is 14.7. The van der Waals surface area contributed by atoms with Crippen LogP contribution in [0.25, 0.3) is 0 Å². The van der Waals surface area contributed by atoms with E-state index in [1.54, 1.807) is 19.2 Å². The summed E-state index contributed by atoms with van der Waals surface area (Å²) in [6, 6.07) is 6.98. The first-order valence-electron chi connectivity index (χ1n) is 6.20. The van der Waals surface area contributed by atoms with Gasteiger partial charge in [0.1, 0.15) is 11.4 Å². The highest BCUT2D eigenvalue weighted by atomic mass is 16.5. The molecule has 104 valence electrons. The molecule has 0 aliphatic carbocycles. The van der Waals surface area contributed by atoms with Gasteiger partial charge in [-0.15, -0.1) is 0 Å². The topological polar surface area (TPSA) is 77.2 Å². The number of aromatic nitrogens is 1. The van der Waals surface area contributed by atoms with Crippen molar-refractivity contribution in [3.63, 3.8) is 0 Å². The number of hydrogen-bond donors (Lipinski definition) is 2. The summed E-state index contributed by atoms with van der Waals surface area (Å²) in [7, 11) is 1.61. The lowest BCUT2D eigenvalue weighted by Gasteiger charge is -2.13. The van der Waals surface area contributed by atoms with Gasteiger partial charge in [0.15, 0.2) is 0 Å². The van der Waals surface area contributed by atoms with Crippen LogP contribution in [0.5, 0.6) is 5.75 Å².